The lowest BCUT2D eigenvalue weighted by Gasteiger charge is -2.03. The minimum Gasteiger partial charge on any atom is -0.394 e. The molecule has 1 aromatic rings. The Morgan fingerprint density at radius 3 is 2.67 bits per heavy atom. The highest BCUT2D eigenvalue weighted by atomic mass is 32.2. The molecule has 0 spiro atoms. The van der Waals surface area contributed by atoms with Crippen molar-refractivity contribution < 1.29 is 10.2 Å². The van der Waals surface area contributed by atoms with Gasteiger partial charge in [0, 0.05) is 18.1 Å². The van der Waals surface area contributed by atoms with Gasteiger partial charge < -0.3 is 10.2 Å². The Bertz CT molecular complexity index is 220. The second-order valence-electron chi connectivity index (χ2n) is 2.18. The van der Waals surface area contributed by atoms with Gasteiger partial charge >= 0.3 is 0 Å². The third-order valence-electron chi connectivity index (χ3n) is 1.16. The van der Waals surface area contributed by atoms with E-state index < -0.39 is 6.10 Å². The first-order valence-electron chi connectivity index (χ1n) is 3.51. The van der Waals surface area contributed by atoms with E-state index in [2.05, 4.69) is 9.97 Å². The van der Waals surface area contributed by atoms with E-state index in [4.69, 9.17) is 10.2 Å². The predicted octanol–water partition coefficient (Wildman–Crippen LogP) is -0.0781. The number of thioether (sulfide) groups is 1. The molecule has 0 amide bonds. The molecule has 0 radical (unpaired) electrons. The number of hydrogen-bond acceptors (Lipinski definition) is 5. The molecule has 1 atom stereocenters. The summed E-state index contributed by atoms with van der Waals surface area (Å²) in [5, 5.41) is 18.1. The van der Waals surface area contributed by atoms with Gasteiger partial charge in [-0.15, -0.1) is 0 Å². The average molecular weight is 186 g/mol. The molecule has 0 aliphatic carbocycles. The minimum absolute atomic E-state index is 0.222. The number of nitrogens with zero attached hydrogens (tertiary/aromatic N) is 2. The standard InChI is InChI=1S/C7H10N2O2S/c10-4-6(11)5-12-7-8-2-1-3-9-7/h1-3,6,10-11H,4-5H2. The molecular formula is C7H10N2O2S. The molecule has 1 aromatic heterocycles. The summed E-state index contributed by atoms with van der Waals surface area (Å²) >= 11 is 1.32. The highest BCUT2D eigenvalue weighted by Gasteiger charge is 2.03. The fraction of sp³-hybridized carbons (Fsp3) is 0.429. The summed E-state index contributed by atoms with van der Waals surface area (Å²) in [6.45, 7) is -0.222. The van der Waals surface area contributed by atoms with Crippen LogP contribution in [0, 0.1) is 0 Å². The van der Waals surface area contributed by atoms with Crippen LogP contribution in [0.3, 0.4) is 0 Å². The molecule has 2 N–H and O–H groups in total. The Hall–Kier alpha value is -0.650. The molecule has 0 aliphatic heterocycles. The van der Waals surface area contributed by atoms with E-state index in [-0.39, 0.29) is 6.61 Å². The Balaban J connectivity index is 2.33. The van der Waals surface area contributed by atoms with Crippen LogP contribution in [0.5, 0.6) is 0 Å². The molecule has 12 heavy (non-hydrogen) atoms. The van der Waals surface area contributed by atoms with E-state index in [1.165, 1.54) is 11.8 Å². The molecule has 66 valence electrons. The maximum absolute atomic E-state index is 8.99. The van der Waals surface area contributed by atoms with E-state index in [1.54, 1.807) is 18.5 Å². The van der Waals surface area contributed by atoms with Crippen molar-refractivity contribution in [3.8, 4) is 0 Å². The van der Waals surface area contributed by atoms with Gasteiger partial charge in [0.25, 0.3) is 0 Å². The molecule has 0 fully saturated rings. The molecule has 0 aromatic carbocycles. The predicted molar refractivity (Wildman–Crippen MR) is 45.8 cm³/mol. The second kappa shape index (κ2) is 5.08. The van der Waals surface area contributed by atoms with Crippen molar-refractivity contribution in [2.75, 3.05) is 12.4 Å². The van der Waals surface area contributed by atoms with Crippen LogP contribution in [0.25, 0.3) is 0 Å². The molecule has 1 heterocycles. The molecule has 5 heteroatoms. The smallest absolute Gasteiger partial charge is 0.187 e. The van der Waals surface area contributed by atoms with Gasteiger partial charge in [-0.1, -0.05) is 11.8 Å². The second-order valence-corrected chi connectivity index (χ2v) is 3.17. The van der Waals surface area contributed by atoms with Crippen molar-refractivity contribution in [2.45, 2.75) is 11.3 Å². The SMILES string of the molecule is OCC(O)CSc1ncccn1. The van der Waals surface area contributed by atoms with Crippen LogP contribution in [-0.2, 0) is 0 Å². The van der Waals surface area contributed by atoms with Crippen molar-refractivity contribution in [1.29, 1.82) is 0 Å². The van der Waals surface area contributed by atoms with Gasteiger partial charge in [0.15, 0.2) is 5.16 Å². The maximum Gasteiger partial charge on any atom is 0.187 e. The summed E-state index contributed by atoms with van der Waals surface area (Å²) in [5.74, 6) is 0.417. The summed E-state index contributed by atoms with van der Waals surface area (Å²) in [6, 6.07) is 1.73. The van der Waals surface area contributed by atoms with Crippen LogP contribution in [0.15, 0.2) is 23.6 Å². The summed E-state index contributed by atoms with van der Waals surface area (Å²) in [6.07, 6.45) is 2.58. The lowest BCUT2D eigenvalue weighted by Crippen LogP contribution is -2.14. The maximum atomic E-state index is 8.99. The van der Waals surface area contributed by atoms with E-state index in [0.29, 0.717) is 10.9 Å². The number of aliphatic hydroxyl groups is 2. The lowest BCUT2D eigenvalue weighted by molar-refractivity contribution is 0.113. The number of hydrogen-bond donors (Lipinski definition) is 2. The Morgan fingerprint density at radius 2 is 2.08 bits per heavy atom. The van der Waals surface area contributed by atoms with Gasteiger partial charge in [-0.3, -0.25) is 0 Å². The van der Waals surface area contributed by atoms with Crippen molar-refractivity contribution in [3.63, 3.8) is 0 Å². The van der Waals surface area contributed by atoms with Crippen LogP contribution < -0.4 is 0 Å². The van der Waals surface area contributed by atoms with Crippen molar-refractivity contribution >= 4 is 11.8 Å². The highest BCUT2D eigenvalue weighted by molar-refractivity contribution is 7.99. The molecule has 0 aliphatic rings. The van der Waals surface area contributed by atoms with Crippen LogP contribution in [0.2, 0.25) is 0 Å². The average Bonchev–Trinajstić information content (AvgIpc) is 2.16. The van der Waals surface area contributed by atoms with Crippen LogP contribution >= 0.6 is 11.8 Å². The fourth-order valence-corrected chi connectivity index (χ4v) is 1.30. The largest absolute Gasteiger partial charge is 0.394 e. The van der Waals surface area contributed by atoms with Gasteiger partial charge in [-0.2, -0.15) is 0 Å². The normalized spacial score (nSPS) is 12.8. The highest BCUT2D eigenvalue weighted by Crippen LogP contribution is 2.11. The summed E-state index contributed by atoms with van der Waals surface area (Å²) in [5.41, 5.74) is 0. The first-order chi connectivity index (χ1) is 5.83. The van der Waals surface area contributed by atoms with Gasteiger partial charge in [0.05, 0.1) is 12.7 Å². The summed E-state index contributed by atoms with van der Waals surface area (Å²) < 4.78 is 0. The zero-order valence-corrected chi connectivity index (χ0v) is 7.24. The third-order valence-corrected chi connectivity index (χ3v) is 2.18. The van der Waals surface area contributed by atoms with Gasteiger partial charge in [-0.05, 0) is 6.07 Å². The van der Waals surface area contributed by atoms with Gasteiger partial charge in [-0.25, -0.2) is 9.97 Å². The molecular weight excluding hydrogens is 176 g/mol. The zero-order chi connectivity index (χ0) is 8.81. The van der Waals surface area contributed by atoms with Crippen LogP contribution in [0.1, 0.15) is 0 Å². The van der Waals surface area contributed by atoms with E-state index in [1.807, 2.05) is 0 Å². The molecule has 1 unspecified atom stereocenters. The van der Waals surface area contributed by atoms with Crippen molar-refractivity contribution in [2.24, 2.45) is 0 Å². The zero-order valence-electron chi connectivity index (χ0n) is 6.42. The van der Waals surface area contributed by atoms with Gasteiger partial charge in [0.2, 0.25) is 0 Å². The Morgan fingerprint density at radius 1 is 1.42 bits per heavy atom. The number of rotatable bonds is 4. The topological polar surface area (TPSA) is 66.2 Å². The number of aromatic nitrogens is 2. The monoisotopic (exact) mass is 186 g/mol. The van der Waals surface area contributed by atoms with E-state index >= 15 is 0 Å². The van der Waals surface area contributed by atoms with Crippen LogP contribution in [0.4, 0.5) is 0 Å². The summed E-state index contributed by atoms with van der Waals surface area (Å²) in [4.78, 5) is 7.89. The Kier molecular flexibility index (Phi) is 3.99. The van der Waals surface area contributed by atoms with Crippen LogP contribution in [-0.4, -0.2) is 38.6 Å². The molecule has 4 nitrogen and oxygen atoms in total. The van der Waals surface area contributed by atoms with Gasteiger partial charge in [0.1, 0.15) is 0 Å². The van der Waals surface area contributed by atoms with E-state index in [9.17, 15) is 0 Å². The summed E-state index contributed by atoms with van der Waals surface area (Å²) in [7, 11) is 0. The van der Waals surface area contributed by atoms with Crippen molar-refractivity contribution in [3.05, 3.63) is 18.5 Å². The first kappa shape index (κ1) is 9.44. The molecule has 0 saturated heterocycles. The molecule has 1 rings (SSSR count). The quantitative estimate of drug-likeness (QED) is 0.508. The third kappa shape index (κ3) is 3.17. The molecule has 0 saturated carbocycles. The van der Waals surface area contributed by atoms with Crippen molar-refractivity contribution in [1.82, 2.24) is 9.97 Å². The fourth-order valence-electron chi connectivity index (χ4n) is 0.583. The first-order valence-corrected chi connectivity index (χ1v) is 4.50. The van der Waals surface area contributed by atoms with E-state index in [0.717, 1.165) is 0 Å². The minimum atomic E-state index is -0.696. The molecule has 0 bridgehead atoms. The Labute approximate surface area is 74.7 Å². The lowest BCUT2D eigenvalue weighted by atomic mass is 10.4. The number of aliphatic hydroxyl groups excluding tert-OH is 2.